The zero-order chi connectivity index (χ0) is 49.0. The van der Waals surface area contributed by atoms with E-state index in [9.17, 15) is 58.2 Å². The largest absolute Gasteiger partial charge is 0.481 e. The number of likely N-dealkylation sites (tertiary alicyclic amines) is 1. The van der Waals surface area contributed by atoms with Gasteiger partial charge in [-0.3, -0.25) is 52.9 Å². The van der Waals surface area contributed by atoms with Gasteiger partial charge in [-0.15, -0.1) is 0 Å². The highest BCUT2D eigenvalue weighted by Gasteiger charge is 2.38. The first-order chi connectivity index (χ1) is 30.5. The second-order valence-corrected chi connectivity index (χ2v) is 15.8. The molecular weight excluding hydrogens is 859 g/mol. The van der Waals surface area contributed by atoms with Crippen LogP contribution in [0.15, 0.2) is 17.5 Å². The summed E-state index contributed by atoms with van der Waals surface area (Å²) in [6.45, 7) is 3.99. The van der Waals surface area contributed by atoms with Crippen molar-refractivity contribution in [3.63, 3.8) is 0 Å². The van der Waals surface area contributed by atoms with E-state index < -0.39 is 133 Å². The number of aliphatic hydroxyl groups excluding tert-OH is 1. The third kappa shape index (κ3) is 18.4. The van der Waals surface area contributed by atoms with Gasteiger partial charge < -0.3 is 80.7 Å². The van der Waals surface area contributed by atoms with Gasteiger partial charge in [-0.2, -0.15) is 0 Å². The molecule has 27 heteroatoms. The summed E-state index contributed by atoms with van der Waals surface area (Å²) in [5, 5.41) is 33.7. The van der Waals surface area contributed by atoms with Gasteiger partial charge in [-0.05, 0) is 51.4 Å². The molecule has 9 amide bonds. The van der Waals surface area contributed by atoms with Gasteiger partial charge in [-0.25, -0.2) is 4.98 Å². The SMILES string of the molecule is CC(C)[C@H](NC(=O)[C@H](CCCN=C(N)N)NC(=O)[C@H](C)NC(=O)[C@H](Cc1cnc[nH]1)NC(=O)[C@H](CCC(=O)O)NC(=O)[C@@H]1CCCN1C(=O)[C@@H](N)CO)C(=O)N[C@@H](CCC(N)=O)C(N)=O. The molecule has 27 nitrogen and oxygen atoms in total. The Morgan fingerprint density at radius 3 is 1.97 bits per heavy atom. The molecule has 1 aromatic heterocycles. The number of aromatic nitrogens is 2. The standard InChI is InChI=1S/C38H63N15O12/c1-18(2)29(36(64)48-22(30(41)58)8-10-27(40)55)52-33(61)23(6-4-12-45-38(42)43)49-31(59)19(3)47-34(62)25(14-20-15-44-17-46-20)51-32(60)24(9-11-28(56)57)50-35(63)26-7-5-13-53(26)37(65)21(39)16-54/h15,17-19,21-26,29,54H,4-14,16,39H2,1-3H3,(H2,40,55)(H2,41,58)(H,44,46)(H,47,62)(H,48,64)(H,49,59)(H,50,63)(H,51,60)(H,52,61)(H,56,57)(H4,42,43,45)/t19-,21-,22-,23-,24-,25-,26-,29-/m0/s1. The number of nitrogens with zero attached hydrogens (tertiary/aromatic N) is 3. The lowest BCUT2D eigenvalue weighted by Crippen LogP contribution is -2.60. The summed E-state index contributed by atoms with van der Waals surface area (Å²) in [5.41, 5.74) is 27.4. The molecule has 0 bridgehead atoms. The van der Waals surface area contributed by atoms with E-state index in [1.807, 2.05) is 0 Å². The van der Waals surface area contributed by atoms with Crippen molar-refractivity contribution in [3.8, 4) is 0 Å². The Kier molecular flexibility index (Phi) is 22.2. The Hall–Kier alpha value is -6.90. The monoisotopic (exact) mass is 921 g/mol. The summed E-state index contributed by atoms with van der Waals surface area (Å²) in [6, 6.07) is -10.7. The van der Waals surface area contributed by atoms with Crippen LogP contribution >= 0.6 is 0 Å². The van der Waals surface area contributed by atoms with Gasteiger partial charge in [0.25, 0.3) is 0 Å². The first-order valence-electron chi connectivity index (χ1n) is 20.9. The van der Waals surface area contributed by atoms with E-state index in [1.165, 1.54) is 24.3 Å². The normalized spacial score (nSPS) is 16.6. The second kappa shape index (κ2) is 26.7. The number of nitrogens with two attached hydrogens (primary N) is 5. The van der Waals surface area contributed by atoms with Crippen LogP contribution < -0.4 is 60.6 Å². The number of carbonyl (C=O) groups is 10. The van der Waals surface area contributed by atoms with Crippen molar-refractivity contribution in [3.05, 3.63) is 18.2 Å². The van der Waals surface area contributed by atoms with Gasteiger partial charge in [0.2, 0.25) is 53.2 Å². The number of H-pyrrole nitrogens is 1. The Balaban J connectivity index is 2.31. The lowest BCUT2D eigenvalue weighted by Gasteiger charge is -2.29. The van der Waals surface area contributed by atoms with Crippen molar-refractivity contribution in [1.82, 2.24) is 46.8 Å². The van der Waals surface area contributed by atoms with E-state index in [0.29, 0.717) is 12.1 Å². The van der Waals surface area contributed by atoms with Gasteiger partial charge in [0.1, 0.15) is 48.3 Å². The lowest BCUT2D eigenvalue weighted by molar-refractivity contribution is -0.141. The van der Waals surface area contributed by atoms with Crippen LogP contribution in [0.4, 0.5) is 0 Å². The number of hydrogen-bond acceptors (Lipinski definition) is 14. The maximum Gasteiger partial charge on any atom is 0.303 e. The van der Waals surface area contributed by atoms with Crippen molar-refractivity contribution in [2.45, 2.75) is 127 Å². The molecule has 19 N–H and O–H groups in total. The minimum Gasteiger partial charge on any atom is -0.481 e. The van der Waals surface area contributed by atoms with Crippen LogP contribution in [0, 0.1) is 5.92 Å². The molecule has 65 heavy (non-hydrogen) atoms. The smallest absolute Gasteiger partial charge is 0.303 e. The van der Waals surface area contributed by atoms with Crippen molar-refractivity contribution in [2.24, 2.45) is 39.6 Å². The number of carbonyl (C=O) groups excluding carboxylic acids is 9. The van der Waals surface area contributed by atoms with Crippen molar-refractivity contribution in [2.75, 3.05) is 19.7 Å². The van der Waals surface area contributed by atoms with Crippen molar-refractivity contribution < 1.29 is 58.2 Å². The van der Waals surface area contributed by atoms with Gasteiger partial charge in [0, 0.05) is 44.2 Å². The van der Waals surface area contributed by atoms with E-state index in [2.05, 4.69) is 46.9 Å². The Morgan fingerprint density at radius 2 is 1.40 bits per heavy atom. The first kappa shape index (κ1) is 54.2. The zero-order valence-corrected chi connectivity index (χ0v) is 36.5. The lowest BCUT2D eigenvalue weighted by atomic mass is 10.0. The van der Waals surface area contributed by atoms with Crippen LogP contribution in [0.3, 0.4) is 0 Å². The van der Waals surface area contributed by atoms with Gasteiger partial charge >= 0.3 is 5.97 Å². The number of hydrogen-bond donors (Lipinski definition) is 14. The minimum absolute atomic E-state index is 0.0420. The number of aliphatic carboxylic acids is 1. The van der Waals surface area contributed by atoms with Crippen LogP contribution in [0.1, 0.15) is 77.8 Å². The summed E-state index contributed by atoms with van der Waals surface area (Å²) in [7, 11) is 0. The summed E-state index contributed by atoms with van der Waals surface area (Å²) in [5.74, 6) is -9.72. The fourth-order valence-corrected chi connectivity index (χ4v) is 6.57. The van der Waals surface area contributed by atoms with Crippen molar-refractivity contribution in [1.29, 1.82) is 0 Å². The Bertz CT molecular complexity index is 1870. The molecule has 0 unspecified atom stereocenters. The van der Waals surface area contributed by atoms with Gasteiger partial charge in [0.15, 0.2) is 5.96 Å². The number of rotatable bonds is 28. The quantitative estimate of drug-likeness (QED) is 0.0211. The van der Waals surface area contributed by atoms with Gasteiger partial charge in [-0.1, -0.05) is 13.8 Å². The average molecular weight is 922 g/mol. The molecule has 0 spiro atoms. The summed E-state index contributed by atoms with van der Waals surface area (Å²) >= 11 is 0. The maximum atomic E-state index is 13.8. The Morgan fingerprint density at radius 1 is 0.800 bits per heavy atom. The Labute approximate surface area is 373 Å². The zero-order valence-electron chi connectivity index (χ0n) is 36.5. The predicted molar refractivity (Wildman–Crippen MR) is 229 cm³/mol. The highest BCUT2D eigenvalue weighted by atomic mass is 16.4. The second-order valence-electron chi connectivity index (χ2n) is 15.8. The maximum absolute atomic E-state index is 13.8. The number of aliphatic imine (C=N–C) groups is 1. The molecule has 362 valence electrons. The number of aromatic amines is 1. The van der Waals surface area contributed by atoms with Crippen LogP contribution in [-0.2, 0) is 54.4 Å². The molecule has 1 fully saturated rings. The van der Waals surface area contributed by atoms with Crippen LogP contribution in [0.25, 0.3) is 0 Å². The number of imidazole rings is 1. The number of primary amides is 2. The molecule has 1 saturated heterocycles. The first-order valence-corrected chi connectivity index (χ1v) is 20.9. The number of carboxylic acids is 1. The molecule has 2 heterocycles. The molecule has 8 atom stereocenters. The molecule has 1 aromatic rings. The van der Waals surface area contributed by atoms with E-state index >= 15 is 0 Å². The third-order valence-corrected chi connectivity index (χ3v) is 10.2. The molecule has 1 aliphatic rings. The summed E-state index contributed by atoms with van der Waals surface area (Å²) in [4.78, 5) is 141. The molecule has 0 aromatic carbocycles. The highest BCUT2D eigenvalue weighted by molar-refractivity contribution is 5.98. The van der Waals surface area contributed by atoms with Crippen LogP contribution in [0.5, 0.6) is 0 Å². The fraction of sp³-hybridized carbons (Fsp3) is 0.632. The van der Waals surface area contributed by atoms with E-state index in [0.717, 1.165) is 0 Å². The molecule has 0 saturated carbocycles. The molecular formula is C38H63N15O12. The molecule has 2 rings (SSSR count). The summed E-state index contributed by atoms with van der Waals surface area (Å²) < 4.78 is 0. The minimum atomic E-state index is -1.52. The third-order valence-electron chi connectivity index (χ3n) is 10.2. The molecule has 0 aliphatic carbocycles. The fourth-order valence-electron chi connectivity index (χ4n) is 6.57. The molecule has 0 radical (unpaired) electrons. The number of amides is 9. The van der Waals surface area contributed by atoms with E-state index in [1.54, 1.807) is 13.8 Å². The highest BCUT2D eigenvalue weighted by Crippen LogP contribution is 2.19. The predicted octanol–water partition coefficient (Wildman–Crippen LogP) is -6.48. The van der Waals surface area contributed by atoms with E-state index in [-0.39, 0.29) is 57.6 Å². The average Bonchev–Trinajstić information content (AvgIpc) is 3.95. The topological polar surface area (TPSA) is 458 Å². The summed E-state index contributed by atoms with van der Waals surface area (Å²) in [6.07, 6.45) is 1.65. The van der Waals surface area contributed by atoms with Gasteiger partial charge in [0.05, 0.1) is 12.9 Å². The van der Waals surface area contributed by atoms with Crippen molar-refractivity contribution >= 4 is 65.1 Å². The van der Waals surface area contributed by atoms with E-state index in [4.69, 9.17) is 28.7 Å². The van der Waals surface area contributed by atoms with Crippen LogP contribution in [-0.4, -0.2) is 158 Å². The van der Waals surface area contributed by atoms with Crippen LogP contribution in [0.2, 0.25) is 0 Å². The number of nitrogens with one attached hydrogen (secondary N) is 7. The number of carboxylic acid groups (broad SMARTS) is 1. The molecule has 1 aliphatic heterocycles. The number of aliphatic hydroxyl groups is 1. The number of guanidine groups is 1.